The number of methoxy groups -OCH3 is 1. The van der Waals surface area contributed by atoms with Gasteiger partial charge in [0, 0.05) is 29.5 Å². The van der Waals surface area contributed by atoms with Crippen molar-refractivity contribution in [3.05, 3.63) is 70.7 Å². The van der Waals surface area contributed by atoms with Gasteiger partial charge in [-0.15, -0.1) is 0 Å². The topological polar surface area (TPSA) is 48.7 Å². The number of fused-ring (bicyclic) bond motifs is 5. The molecule has 1 aromatic heterocycles. The highest BCUT2D eigenvalue weighted by Gasteiger charge is 2.38. The van der Waals surface area contributed by atoms with Crippen LogP contribution in [0.3, 0.4) is 0 Å². The van der Waals surface area contributed by atoms with Crippen molar-refractivity contribution in [3.63, 3.8) is 0 Å². The van der Waals surface area contributed by atoms with E-state index in [4.69, 9.17) is 13.9 Å². The molecule has 1 aliphatic heterocycles. The molecule has 5 rings (SSSR count). The number of benzene rings is 2. The maximum absolute atomic E-state index is 12.7. The number of ketones is 1. The van der Waals surface area contributed by atoms with E-state index in [2.05, 4.69) is 6.07 Å². The van der Waals surface area contributed by atoms with Crippen LogP contribution in [0.15, 0.2) is 46.9 Å². The highest BCUT2D eigenvalue weighted by molar-refractivity contribution is 6.05. The number of hydrogen-bond donors (Lipinski definition) is 0. The Labute approximate surface area is 157 Å². The van der Waals surface area contributed by atoms with Crippen molar-refractivity contribution < 1.29 is 18.7 Å². The fourth-order valence-electron chi connectivity index (χ4n) is 4.10. The lowest BCUT2D eigenvalue weighted by atomic mass is 9.87. The molecular weight excluding hydrogens is 340 g/mol. The summed E-state index contributed by atoms with van der Waals surface area (Å²) in [6.45, 7) is 2.04. The number of ether oxygens (including phenoxy) is 2. The van der Waals surface area contributed by atoms with Gasteiger partial charge in [-0.1, -0.05) is 23.8 Å². The monoisotopic (exact) mass is 360 g/mol. The Balaban J connectivity index is 1.76. The molecule has 4 heteroatoms. The highest BCUT2D eigenvalue weighted by Crippen LogP contribution is 2.50. The Kier molecular flexibility index (Phi) is 3.61. The quantitative estimate of drug-likeness (QED) is 0.625. The van der Waals surface area contributed by atoms with Crippen molar-refractivity contribution in [1.82, 2.24) is 0 Å². The predicted molar refractivity (Wildman–Crippen MR) is 102 cm³/mol. The molecular formula is C23H20O4. The Morgan fingerprint density at radius 1 is 1.07 bits per heavy atom. The van der Waals surface area contributed by atoms with Crippen LogP contribution in [0.4, 0.5) is 0 Å². The van der Waals surface area contributed by atoms with E-state index in [0.29, 0.717) is 6.42 Å². The van der Waals surface area contributed by atoms with Crippen LogP contribution < -0.4 is 9.47 Å². The van der Waals surface area contributed by atoms with Gasteiger partial charge in [-0.3, -0.25) is 4.79 Å². The van der Waals surface area contributed by atoms with Gasteiger partial charge < -0.3 is 13.9 Å². The van der Waals surface area contributed by atoms with Crippen LogP contribution in [0.5, 0.6) is 11.5 Å². The van der Waals surface area contributed by atoms with E-state index in [9.17, 15) is 4.79 Å². The molecule has 0 fully saturated rings. The summed E-state index contributed by atoms with van der Waals surface area (Å²) in [5.74, 6) is 3.23. The molecule has 3 aromatic rings. The van der Waals surface area contributed by atoms with Crippen LogP contribution in [-0.2, 0) is 6.42 Å². The van der Waals surface area contributed by atoms with Gasteiger partial charge >= 0.3 is 0 Å². The van der Waals surface area contributed by atoms with Crippen molar-refractivity contribution in [3.8, 4) is 22.6 Å². The summed E-state index contributed by atoms with van der Waals surface area (Å²) in [5, 5.41) is 0. The van der Waals surface area contributed by atoms with E-state index >= 15 is 0 Å². The zero-order valence-electron chi connectivity index (χ0n) is 15.4. The van der Waals surface area contributed by atoms with Gasteiger partial charge in [-0.2, -0.15) is 0 Å². The number of hydrogen-bond acceptors (Lipinski definition) is 4. The van der Waals surface area contributed by atoms with E-state index in [1.807, 2.05) is 43.3 Å². The minimum absolute atomic E-state index is 0.167. The minimum Gasteiger partial charge on any atom is -0.497 e. The first-order valence-corrected chi connectivity index (χ1v) is 9.26. The second-order valence-corrected chi connectivity index (χ2v) is 7.19. The second kappa shape index (κ2) is 6.02. The standard InChI is InChI=1S/C23H20O4/c1-13-9-10-18-16(11-13)20-21-17(24)7-4-8-19(21)27-23(20)22(26-18)14-5-3-6-15(12-14)25-2/h3,5-6,9-12,22H,4,7-8H2,1-2H3. The molecule has 0 amide bonds. The summed E-state index contributed by atoms with van der Waals surface area (Å²) in [6.07, 6.45) is 1.80. The number of carbonyl (C=O) groups excluding carboxylic acids is 1. The lowest BCUT2D eigenvalue weighted by Crippen LogP contribution is -2.16. The third-order valence-corrected chi connectivity index (χ3v) is 5.38. The first-order chi connectivity index (χ1) is 13.2. The van der Waals surface area contributed by atoms with Crippen LogP contribution >= 0.6 is 0 Å². The number of Topliss-reactive ketones (excluding diaryl/α,β-unsaturated/α-hetero) is 1. The molecule has 0 saturated carbocycles. The van der Waals surface area contributed by atoms with E-state index in [1.54, 1.807) is 7.11 Å². The zero-order valence-corrected chi connectivity index (χ0v) is 15.4. The third kappa shape index (κ3) is 2.47. The molecule has 1 unspecified atom stereocenters. The van der Waals surface area contributed by atoms with Gasteiger partial charge in [0.05, 0.1) is 12.7 Å². The number of rotatable bonds is 2. The average molecular weight is 360 g/mol. The molecule has 2 heterocycles. The fourth-order valence-corrected chi connectivity index (χ4v) is 4.10. The molecule has 4 nitrogen and oxygen atoms in total. The lowest BCUT2D eigenvalue weighted by Gasteiger charge is -2.26. The van der Waals surface area contributed by atoms with Crippen molar-refractivity contribution in [2.45, 2.75) is 32.3 Å². The summed E-state index contributed by atoms with van der Waals surface area (Å²) in [4.78, 5) is 12.7. The highest BCUT2D eigenvalue weighted by atomic mass is 16.5. The molecule has 2 aromatic carbocycles. The van der Waals surface area contributed by atoms with E-state index in [1.165, 1.54) is 0 Å². The zero-order chi connectivity index (χ0) is 18.5. The van der Waals surface area contributed by atoms with Gasteiger partial charge in [-0.05, 0) is 37.6 Å². The molecule has 0 spiro atoms. The second-order valence-electron chi connectivity index (χ2n) is 7.19. The Morgan fingerprint density at radius 2 is 1.96 bits per heavy atom. The first kappa shape index (κ1) is 16.2. The minimum atomic E-state index is -0.399. The van der Waals surface area contributed by atoms with Gasteiger partial charge in [0.2, 0.25) is 0 Å². The Bertz CT molecular complexity index is 1060. The number of carbonyl (C=O) groups is 1. The Hall–Kier alpha value is -3.01. The van der Waals surface area contributed by atoms with Crippen LogP contribution in [0.25, 0.3) is 11.1 Å². The van der Waals surface area contributed by atoms with E-state index < -0.39 is 6.10 Å². The molecule has 1 atom stereocenters. The first-order valence-electron chi connectivity index (χ1n) is 9.26. The van der Waals surface area contributed by atoms with Gasteiger partial charge in [0.25, 0.3) is 0 Å². The molecule has 0 N–H and O–H groups in total. The largest absolute Gasteiger partial charge is 0.497 e. The van der Waals surface area contributed by atoms with Crippen LogP contribution in [0.2, 0.25) is 0 Å². The maximum atomic E-state index is 12.7. The third-order valence-electron chi connectivity index (χ3n) is 5.38. The van der Waals surface area contributed by atoms with Gasteiger partial charge in [0.15, 0.2) is 17.6 Å². The average Bonchev–Trinajstić information content (AvgIpc) is 3.08. The van der Waals surface area contributed by atoms with Crippen molar-refractivity contribution in [2.75, 3.05) is 7.11 Å². The van der Waals surface area contributed by atoms with Crippen LogP contribution in [-0.4, -0.2) is 12.9 Å². The number of aryl methyl sites for hydroxylation is 2. The summed E-state index contributed by atoms with van der Waals surface area (Å²) in [7, 11) is 1.65. The number of furan rings is 1. The van der Waals surface area contributed by atoms with Crippen molar-refractivity contribution >= 4 is 5.78 Å². The van der Waals surface area contributed by atoms with Gasteiger partial charge in [0.1, 0.15) is 17.3 Å². The van der Waals surface area contributed by atoms with Crippen LogP contribution in [0, 0.1) is 6.92 Å². The summed E-state index contributed by atoms with van der Waals surface area (Å²) < 4.78 is 18.0. The molecule has 136 valence electrons. The summed E-state index contributed by atoms with van der Waals surface area (Å²) in [6, 6.07) is 13.9. The maximum Gasteiger partial charge on any atom is 0.182 e. The summed E-state index contributed by atoms with van der Waals surface area (Å²) in [5.41, 5.74) is 4.68. The lowest BCUT2D eigenvalue weighted by molar-refractivity contribution is 0.0970. The predicted octanol–water partition coefficient (Wildman–Crippen LogP) is 5.26. The molecule has 0 radical (unpaired) electrons. The van der Waals surface area contributed by atoms with Gasteiger partial charge in [-0.25, -0.2) is 0 Å². The molecule has 27 heavy (non-hydrogen) atoms. The summed E-state index contributed by atoms with van der Waals surface area (Å²) >= 11 is 0. The molecule has 0 bridgehead atoms. The normalized spacial score (nSPS) is 17.6. The van der Waals surface area contributed by atoms with E-state index in [-0.39, 0.29) is 5.78 Å². The molecule has 1 aliphatic carbocycles. The molecule has 0 saturated heterocycles. The molecule has 2 aliphatic rings. The van der Waals surface area contributed by atoms with Crippen molar-refractivity contribution in [2.24, 2.45) is 0 Å². The Morgan fingerprint density at radius 3 is 2.81 bits per heavy atom. The SMILES string of the molecule is COc1cccc(C2Oc3ccc(C)cc3-c3c2oc2c3C(=O)CCC2)c1. The smallest absolute Gasteiger partial charge is 0.182 e. The van der Waals surface area contributed by atoms with Crippen LogP contribution in [0.1, 0.15) is 52.0 Å². The fraction of sp³-hybridized carbons (Fsp3) is 0.261. The van der Waals surface area contributed by atoms with Crippen molar-refractivity contribution in [1.29, 1.82) is 0 Å². The van der Waals surface area contributed by atoms with E-state index in [0.717, 1.165) is 63.7 Å².